The summed E-state index contributed by atoms with van der Waals surface area (Å²) in [5.74, 6) is 0.618. The Morgan fingerprint density at radius 1 is 0.920 bits per heavy atom. The van der Waals surface area contributed by atoms with Crippen molar-refractivity contribution in [3.05, 3.63) is 64.8 Å². The van der Waals surface area contributed by atoms with Crippen LogP contribution >= 0.6 is 23.2 Å². The second kappa shape index (κ2) is 6.43. The van der Waals surface area contributed by atoms with Gasteiger partial charge < -0.3 is 4.90 Å². The minimum atomic E-state index is 0.115. The van der Waals surface area contributed by atoms with Crippen molar-refractivity contribution in [3.8, 4) is 0 Å². The van der Waals surface area contributed by atoms with Crippen LogP contribution in [0, 0.1) is 0 Å². The predicted octanol–water partition coefficient (Wildman–Crippen LogP) is 4.52. The summed E-state index contributed by atoms with van der Waals surface area (Å²) >= 11 is 12.2. The molecule has 0 spiro atoms. The van der Waals surface area contributed by atoms with Crippen LogP contribution in [0.5, 0.6) is 0 Å². The average molecular weight is 370 g/mol. The van der Waals surface area contributed by atoms with E-state index >= 15 is 0 Å². The van der Waals surface area contributed by atoms with Crippen LogP contribution in [0.15, 0.2) is 48.8 Å². The van der Waals surface area contributed by atoms with Crippen LogP contribution in [0.1, 0.15) is 5.56 Å². The van der Waals surface area contributed by atoms with Crippen LogP contribution < -0.4 is 4.90 Å². The smallest absolute Gasteiger partial charge is 0.225 e. The largest absolute Gasteiger partial charge is 0.353 e. The third-order valence-corrected chi connectivity index (χ3v) is 4.49. The molecule has 2 aromatic heterocycles. The van der Waals surface area contributed by atoms with Gasteiger partial charge in [0.15, 0.2) is 11.0 Å². The lowest BCUT2D eigenvalue weighted by molar-refractivity contribution is 0.902. The molecule has 0 N–H and O–H groups in total. The standard InChI is InChI=1S/C18H13Cl2N5/c1-25(9-12-7-4-6-11-5-2-3-8-13(11)12)17-15-14(23-18(20)24-17)16(19)22-10-21-15/h2-8,10H,9H2,1H3. The number of hydrogen-bond donors (Lipinski definition) is 0. The van der Waals surface area contributed by atoms with E-state index in [4.69, 9.17) is 23.2 Å². The van der Waals surface area contributed by atoms with E-state index in [1.807, 2.05) is 24.1 Å². The topological polar surface area (TPSA) is 54.8 Å². The molecule has 0 aliphatic rings. The third-order valence-electron chi connectivity index (χ3n) is 4.04. The van der Waals surface area contributed by atoms with E-state index in [9.17, 15) is 0 Å². The molecule has 0 unspecified atom stereocenters. The first-order valence-electron chi connectivity index (χ1n) is 7.65. The van der Waals surface area contributed by atoms with Gasteiger partial charge in [-0.25, -0.2) is 15.0 Å². The molecule has 4 rings (SSSR count). The summed E-state index contributed by atoms with van der Waals surface area (Å²) in [6.45, 7) is 0.644. The van der Waals surface area contributed by atoms with Crippen molar-refractivity contribution in [1.29, 1.82) is 0 Å². The zero-order valence-electron chi connectivity index (χ0n) is 13.3. The molecule has 2 aromatic carbocycles. The van der Waals surface area contributed by atoms with Crippen molar-refractivity contribution in [1.82, 2.24) is 19.9 Å². The van der Waals surface area contributed by atoms with E-state index in [2.05, 4.69) is 50.3 Å². The molecule has 7 heteroatoms. The molecule has 0 saturated heterocycles. The number of fused-ring (bicyclic) bond motifs is 2. The third kappa shape index (κ3) is 2.97. The van der Waals surface area contributed by atoms with Crippen LogP contribution in [0.25, 0.3) is 21.8 Å². The molecule has 0 radical (unpaired) electrons. The van der Waals surface area contributed by atoms with Gasteiger partial charge >= 0.3 is 0 Å². The highest BCUT2D eigenvalue weighted by molar-refractivity contribution is 6.34. The maximum absolute atomic E-state index is 6.13. The molecule has 0 bridgehead atoms. The van der Waals surface area contributed by atoms with Crippen molar-refractivity contribution >= 4 is 50.8 Å². The van der Waals surface area contributed by atoms with Crippen LogP contribution in [0.2, 0.25) is 10.4 Å². The van der Waals surface area contributed by atoms with E-state index in [1.54, 1.807) is 0 Å². The molecule has 0 atom stereocenters. The lowest BCUT2D eigenvalue weighted by Gasteiger charge is -2.20. The molecule has 0 fully saturated rings. The number of halogens is 2. The van der Waals surface area contributed by atoms with Crippen molar-refractivity contribution in [2.24, 2.45) is 0 Å². The van der Waals surface area contributed by atoms with Crippen molar-refractivity contribution < 1.29 is 0 Å². The first kappa shape index (κ1) is 16.0. The second-order valence-corrected chi connectivity index (χ2v) is 6.37. The van der Waals surface area contributed by atoms with E-state index in [0.29, 0.717) is 23.4 Å². The van der Waals surface area contributed by atoms with Gasteiger partial charge in [0.1, 0.15) is 17.4 Å². The summed E-state index contributed by atoms with van der Waals surface area (Å²) < 4.78 is 0. The maximum atomic E-state index is 6.13. The maximum Gasteiger partial charge on any atom is 0.225 e. The number of nitrogens with zero attached hydrogens (tertiary/aromatic N) is 5. The lowest BCUT2D eigenvalue weighted by atomic mass is 10.0. The Morgan fingerprint density at radius 2 is 1.72 bits per heavy atom. The number of anilines is 1. The molecular weight excluding hydrogens is 357 g/mol. The summed E-state index contributed by atoms with van der Waals surface area (Å²) in [6.07, 6.45) is 1.40. The van der Waals surface area contributed by atoms with E-state index in [-0.39, 0.29) is 10.4 Å². The zero-order valence-corrected chi connectivity index (χ0v) is 14.8. The van der Waals surface area contributed by atoms with Gasteiger partial charge in [0.25, 0.3) is 0 Å². The van der Waals surface area contributed by atoms with Crippen LogP contribution in [0.4, 0.5) is 5.82 Å². The van der Waals surface area contributed by atoms with Crippen LogP contribution in [0.3, 0.4) is 0 Å². The zero-order chi connectivity index (χ0) is 17.4. The molecule has 0 amide bonds. The number of aromatic nitrogens is 4. The van der Waals surface area contributed by atoms with Gasteiger partial charge in [-0.2, -0.15) is 4.98 Å². The van der Waals surface area contributed by atoms with Gasteiger partial charge in [0.05, 0.1) is 0 Å². The Kier molecular flexibility index (Phi) is 4.11. The highest BCUT2D eigenvalue weighted by atomic mass is 35.5. The van der Waals surface area contributed by atoms with Crippen LogP contribution in [-0.2, 0) is 6.54 Å². The molecular formula is C18H13Cl2N5. The number of hydrogen-bond acceptors (Lipinski definition) is 5. The van der Waals surface area contributed by atoms with Gasteiger partial charge in [-0.1, -0.05) is 54.1 Å². The predicted molar refractivity (Wildman–Crippen MR) is 101 cm³/mol. The Hall–Kier alpha value is -2.50. The molecule has 2 heterocycles. The summed E-state index contributed by atoms with van der Waals surface area (Å²) in [7, 11) is 1.94. The highest BCUT2D eigenvalue weighted by Gasteiger charge is 2.16. The van der Waals surface area contributed by atoms with E-state index in [0.717, 1.165) is 0 Å². The lowest BCUT2D eigenvalue weighted by Crippen LogP contribution is -2.19. The Morgan fingerprint density at radius 3 is 2.60 bits per heavy atom. The molecule has 0 aliphatic carbocycles. The molecule has 25 heavy (non-hydrogen) atoms. The van der Waals surface area contributed by atoms with Crippen LogP contribution in [-0.4, -0.2) is 27.0 Å². The fraction of sp³-hybridized carbons (Fsp3) is 0.111. The number of rotatable bonds is 3. The SMILES string of the molecule is CN(Cc1cccc2ccccc12)c1nc(Cl)nc2c(Cl)ncnc12. The molecule has 5 nitrogen and oxygen atoms in total. The van der Waals surface area contributed by atoms with E-state index in [1.165, 1.54) is 22.7 Å². The molecule has 4 aromatic rings. The quantitative estimate of drug-likeness (QED) is 0.392. The summed E-state index contributed by atoms with van der Waals surface area (Å²) in [6, 6.07) is 14.5. The van der Waals surface area contributed by atoms with Crippen molar-refractivity contribution in [2.45, 2.75) is 6.54 Å². The first-order valence-corrected chi connectivity index (χ1v) is 8.40. The first-order chi connectivity index (χ1) is 12.1. The molecule has 124 valence electrons. The minimum absolute atomic E-state index is 0.115. The van der Waals surface area contributed by atoms with Gasteiger partial charge in [0.2, 0.25) is 5.28 Å². The van der Waals surface area contributed by atoms with Gasteiger partial charge in [-0.15, -0.1) is 0 Å². The fourth-order valence-corrected chi connectivity index (χ4v) is 3.24. The van der Waals surface area contributed by atoms with Crippen molar-refractivity contribution in [3.63, 3.8) is 0 Å². The monoisotopic (exact) mass is 369 g/mol. The number of benzene rings is 2. The summed E-state index contributed by atoms with van der Waals surface area (Å²) in [5, 5.41) is 2.77. The Bertz CT molecular complexity index is 1080. The summed E-state index contributed by atoms with van der Waals surface area (Å²) in [4.78, 5) is 18.7. The normalized spacial score (nSPS) is 11.2. The molecule has 0 saturated carbocycles. The van der Waals surface area contributed by atoms with Gasteiger partial charge in [-0.3, -0.25) is 0 Å². The summed E-state index contributed by atoms with van der Waals surface area (Å²) in [5.41, 5.74) is 2.21. The molecule has 0 aliphatic heterocycles. The highest BCUT2D eigenvalue weighted by Crippen LogP contribution is 2.28. The van der Waals surface area contributed by atoms with Gasteiger partial charge in [0, 0.05) is 13.6 Å². The van der Waals surface area contributed by atoms with Crippen molar-refractivity contribution in [2.75, 3.05) is 11.9 Å². The Labute approximate surface area is 154 Å². The van der Waals surface area contributed by atoms with E-state index < -0.39 is 0 Å². The van der Waals surface area contributed by atoms with Gasteiger partial charge in [-0.05, 0) is 27.9 Å². The Balaban J connectivity index is 1.80. The minimum Gasteiger partial charge on any atom is -0.353 e. The average Bonchev–Trinajstić information content (AvgIpc) is 2.62. The fourth-order valence-electron chi connectivity index (χ4n) is 2.90. The second-order valence-electron chi connectivity index (χ2n) is 5.67.